The Kier molecular flexibility index (Phi) is 3.92. The molecule has 3 rings (SSSR count). The zero-order valence-corrected chi connectivity index (χ0v) is 13.5. The zero-order valence-electron chi connectivity index (χ0n) is 10.4. The Hall–Kier alpha value is -1.16. The highest BCUT2D eigenvalue weighted by molar-refractivity contribution is 9.10. The molecule has 0 aliphatic rings. The van der Waals surface area contributed by atoms with Crippen LogP contribution in [-0.2, 0) is 6.54 Å². The molecule has 20 heavy (non-hydrogen) atoms. The van der Waals surface area contributed by atoms with Crippen molar-refractivity contribution < 1.29 is 0 Å². The van der Waals surface area contributed by atoms with Gasteiger partial charge in [-0.05, 0) is 40.2 Å². The van der Waals surface area contributed by atoms with Gasteiger partial charge in [-0.1, -0.05) is 41.4 Å². The summed E-state index contributed by atoms with van der Waals surface area (Å²) < 4.78 is 0.967. The van der Waals surface area contributed by atoms with Crippen LogP contribution in [0.2, 0.25) is 10.0 Å². The number of para-hydroxylation sites is 1. The van der Waals surface area contributed by atoms with Crippen LogP contribution in [0.4, 0.5) is 5.69 Å². The van der Waals surface area contributed by atoms with Gasteiger partial charge >= 0.3 is 0 Å². The van der Waals surface area contributed by atoms with Gasteiger partial charge in [0, 0.05) is 20.4 Å². The maximum atomic E-state index is 6.39. The van der Waals surface area contributed by atoms with E-state index in [1.54, 1.807) is 0 Å². The molecule has 0 fully saturated rings. The van der Waals surface area contributed by atoms with Gasteiger partial charge in [0.25, 0.3) is 0 Å². The lowest BCUT2D eigenvalue weighted by molar-refractivity contribution is 1.08. The number of anilines is 1. The highest BCUT2D eigenvalue weighted by atomic mass is 79.9. The third-order valence-electron chi connectivity index (χ3n) is 3.10. The van der Waals surface area contributed by atoms with E-state index in [9.17, 15) is 0 Å². The Morgan fingerprint density at radius 2 is 1.90 bits per heavy atom. The molecule has 2 nitrogen and oxygen atoms in total. The van der Waals surface area contributed by atoms with Crippen LogP contribution in [0.15, 0.2) is 46.9 Å². The van der Waals surface area contributed by atoms with Crippen molar-refractivity contribution in [1.29, 1.82) is 0 Å². The average molecular weight is 370 g/mol. The minimum Gasteiger partial charge on any atom is -0.378 e. The van der Waals surface area contributed by atoms with E-state index in [1.165, 1.54) is 0 Å². The van der Waals surface area contributed by atoms with E-state index < -0.39 is 0 Å². The molecule has 0 spiro atoms. The van der Waals surface area contributed by atoms with Crippen molar-refractivity contribution in [1.82, 2.24) is 4.98 Å². The molecule has 5 heteroatoms. The number of halogens is 3. The van der Waals surface area contributed by atoms with Gasteiger partial charge in [-0.2, -0.15) is 0 Å². The van der Waals surface area contributed by atoms with Crippen LogP contribution in [0.5, 0.6) is 0 Å². The Bertz CT molecular complexity index is 768. The molecular formula is C15H11BrCl2N2. The van der Waals surface area contributed by atoms with Gasteiger partial charge < -0.3 is 10.3 Å². The molecule has 0 radical (unpaired) electrons. The van der Waals surface area contributed by atoms with Crippen molar-refractivity contribution >= 4 is 55.7 Å². The Morgan fingerprint density at radius 1 is 1.10 bits per heavy atom. The summed E-state index contributed by atoms with van der Waals surface area (Å²) in [5.74, 6) is 0. The monoisotopic (exact) mass is 368 g/mol. The second-order valence-corrected chi connectivity index (χ2v) is 6.11. The van der Waals surface area contributed by atoms with Crippen LogP contribution < -0.4 is 5.32 Å². The van der Waals surface area contributed by atoms with Gasteiger partial charge in [0.1, 0.15) is 0 Å². The fourth-order valence-electron chi connectivity index (χ4n) is 2.10. The first-order chi connectivity index (χ1) is 9.65. The van der Waals surface area contributed by atoms with Gasteiger partial charge in [-0.3, -0.25) is 0 Å². The molecule has 102 valence electrons. The second kappa shape index (κ2) is 5.68. The lowest BCUT2D eigenvalue weighted by atomic mass is 10.2. The number of hydrogen-bond acceptors (Lipinski definition) is 1. The van der Waals surface area contributed by atoms with Crippen LogP contribution in [-0.4, -0.2) is 4.98 Å². The average Bonchev–Trinajstić information content (AvgIpc) is 2.77. The van der Waals surface area contributed by atoms with Crippen molar-refractivity contribution in [3.8, 4) is 0 Å². The number of hydrogen-bond donors (Lipinski definition) is 2. The Balaban J connectivity index is 1.87. The number of fused-ring (bicyclic) bond motifs is 1. The van der Waals surface area contributed by atoms with E-state index in [2.05, 4.69) is 26.2 Å². The second-order valence-electron chi connectivity index (χ2n) is 4.44. The molecular weight excluding hydrogens is 359 g/mol. The summed E-state index contributed by atoms with van der Waals surface area (Å²) in [6.45, 7) is 0.604. The van der Waals surface area contributed by atoms with Crippen molar-refractivity contribution in [2.24, 2.45) is 0 Å². The van der Waals surface area contributed by atoms with E-state index in [1.807, 2.05) is 42.5 Å². The molecule has 0 saturated carbocycles. The van der Waals surface area contributed by atoms with E-state index in [4.69, 9.17) is 23.2 Å². The molecule has 1 heterocycles. The molecule has 0 aliphatic carbocycles. The SMILES string of the molecule is Clc1ccc(Br)c(NCc2[nH]c3ccccc3c2Cl)c1. The minimum absolute atomic E-state index is 0.604. The first-order valence-corrected chi connectivity index (χ1v) is 7.64. The zero-order chi connectivity index (χ0) is 14.1. The van der Waals surface area contributed by atoms with Gasteiger partial charge in [0.05, 0.1) is 22.9 Å². The summed E-state index contributed by atoms with van der Waals surface area (Å²) >= 11 is 15.9. The summed E-state index contributed by atoms with van der Waals surface area (Å²) in [5, 5.41) is 5.81. The minimum atomic E-state index is 0.604. The predicted octanol–water partition coefficient (Wildman–Crippen LogP) is 5.85. The molecule has 0 bridgehead atoms. The first-order valence-electron chi connectivity index (χ1n) is 6.09. The highest BCUT2D eigenvalue weighted by Gasteiger charge is 2.09. The van der Waals surface area contributed by atoms with Crippen molar-refractivity contribution in [3.05, 3.63) is 62.7 Å². The molecule has 0 amide bonds. The van der Waals surface area contributed by atoms with Crippen molar-refractivity contribution in [2.75, 3.05) is 5.32 Å². The number of aromatic nitrogens is 1. The summed E-state index contributed by atoms with van der Waals surface area (Å²) in [5.41, 5.74) is 2.94. The van der Waals surface area contributed by atoms with Gasteiger partial charge in [0.2, 0.25) is 0 Å². The molecule has 0 atom stereocenters. The topological polar surface area (TPSA) is 27.8 Å². The Labute approximate surface area is 135 Å². The summed E-state index contributed by atoms with van der Waals surface area (Å²) in [7, 11) is 0. The summed E-state index contributed by atoms with van der Waals surface area (Å²) in [6, 6.07) is 13.6. The molecule has 0 unspecified atom stereocenters. The predicted molar refractivity (Wildman–Crippen MR) is 89.8 cm³/mol. The number of benzene rings is 2. The highest BCUT2D eigenvalue weighted by Crippen LogP contribution is 2.30. The van der Waals surface area contributed by atoms with E-state index in [0.717, 1.165) is 31.8 Å². The molecule has 2 aromatic carbocycles. The van der Waals surface area contributed by atoms with Gasteiger partial charge in [-0.25, -0.2) is 0 Å². The largest absolute Gasteiger partial charge is 0.378 e. The van der Waals surface area contributed by atoms with Crippen LogP contribution >= 0.6 is 39.1 Å². The molecule has 0 saturated heterocycles. The third-order valence-corrected chi connectivity index (χ3v) is 4.46. The molecule has 0 aliphatic heterocycles. The Morgan fingerprint density at radius 3 is 2.70 bits per heavy atom. The maximum absolute atomic E-state index is 6.39. The van der Waals surface area contributed by atoms with Crippen molar-refractivity contribution in [3.63, 3.8) is 0 Å². The molecule has 3 aromatic rings. The fourth-order valence-corrected chi connectivity index (χ4v) is 2.94. The fraction of sp³-hybridized carbons (Fsp3) is 0.0667. The number of H-pyrrole nitrogens is 1. The maximum Gasteiger partial charge on any atom is 0.0710 e. The van der Waals surface area contributed by atoms with Gasteiger partial charge in [0.15, 0.2) is 0 Å². The van der Waals surface area contributed by atoms with Crippen LogP contribution in [0.1, 0.15) is 5.69 Å². The van der Waals surface area contributed by atoms with E-state index >= 15 is 0 Å². The van der Waals surface area contributed by atoms with Crippen LogP contribution in [0.25, 0.3) is 10.9 Å². The first kappa shape index (κ1) is 13.8. The molecule has 1 aromatic heterocycles. The number of aromatic amines is 1. The third kappa shape index (κ3) is 2.66. The van der Waals surface area contributed by atoms with E-state index in [-0.39, 0.29) is 0 Å². The van der Waals surface area contributed by atoms with Crippen LogP contribution in [0.3, 0.4) is 0 Å². The van der Waals surface area contributed by atoms with Gasteiger partial charge in [-0.15, -0.1) is 0 Å². The lowest BCUT2D eigenvalue weighted by Gasteiger charge is -2.08. The van der Waals surface area contributed by atoms with Crippen LogP contribution in [0, 0.1) is 0 Å². The summed E-state index contributed by atoms with van der Waals surface area (Å²) in [6.07, 6.45) is 0. The smallest absolute Gasteiger partial charge is 0.0710 e. The normalized spacial score (nSPS) is 10.9. The quantitative estimate of drug-likeness (QED) is 0.595. The van der Waals surface area contributed by atoms with Crippen molar-refractivity contribution in [2.45, 2.75) is 6.54 Å². The number of nitrogens with one attached hydrogen (secondary N) is 2. The van der Waals surface area contributed by atoms with E-state index in [0.29, 0.717) is 11.6 Å². The number of rotatable bonds is 3. The standard InChI is InChI=1S/C15H11BrCl2N2/c16-11-6-5-9(17)7-13(11)19-8-14-15(18)10-3-1-2-4-12(10)20-14/h1-7,19-20H,8H2. The summed E-state index contributed by atoms with van der Waals surface area (Å²) in [4.78, 5) is 3.33. The molecule has 2 N–H and O–H groups in total. The lowest BCUT2D eigenvalue weighted by Crippen LogP contribution is -2.00.